The summed E-state index contributed by atoms with van der Waals surface area (Å²) in [7, 11) is 0. The van der Waals surface area contributed by atoms with E-state index in [-0.39, 0.29) is 23.7 Å². The van der Waals surface area contributed by atoms with Crippen LogP contribution < -0.4 is 4.90 Å². The van der Waals surface area contributed by atoms with E-state index in [1.54, 1.807) is 9.80 Å². The average molecular weight is 400 g/mol. The van der Waals surface area contributed by atoms with E-state index >= 15 is 0 Å². The number of amides is 2. The second-order valence-corrected chi connectivity index (χ2v) is 6.32. The van der Waals surface area contributed by atoms with E-state index in [2.05, 4.69) is 0 Å². The van der Waals surface area contributed by atoms with Gasteiger partial charge in [0, 0.05) is 51.3 Å². The van der Waals surface area contributed by atoms with Crippen molar-refractivity contribution < 1.29 is 28.4 Å². The third-order valence-electron chi connectivity index (χ3n) is 4.50. The van der Waals surface area contributed by atoms with Crippen LogP contribution in [0.2, 0.25) is 0 Å². The van der Waals surface area contributed by atoms with Gasteiger partial charge in [0.15, 0.2) is 0 Å². The molecule has 1 N–H and O–H groups in total. The van der Waals surface area contributed by atoms with Crippen LogP contribution in [0.25, 0.3) is 0 Å². The molecule has 0 spiro atoms. The first-order chi connectivity index (χ1) is 13.2. The fourth-order valence-electron chi connectivity index (χ4n) is 3.08. The number of anilines is 1. The Morgan fingerprint density at radius 3 is 2.43 bits per heavy atom. The molecule has 2 amide bonds. The predicted molar refractivity (Wildman–Crippen MR) is 96.6 cm³/mol. The topological polar surface area (TPSA) is 107 Å². The number of halogens is 2. The van der Waals surface area contributed by atoms with Crippen LogP contribution in [0.15, 0.2) is 18.2 Å². The maximum Gasteiger partial charge on any atom is 0.293 e. The highest BCUT2D eigenvalue weighted by Crippen LogP contribution is 2.30. The van der Waals surface area contributed by atoms with Gasteiger partial charge in [-0.1, -0.05) is 0 Å². The highest BCUT2D eigenvalue weighted by Gasteiger charge is 2.27. The second kappa shape index (κ2) is 9.40. The van der Waals surface area contributed by atoms with Crippen LogP contribution in [0.1, 0.15) is 17.3 Å². The van der Waals surface area contributed by atoms with Crippen molar-refractivity contribution >= 4 is 23.2 Å². The SMILES string of the molecule is CC(=O)N1CCN(c2ccc(C(=O)N(CCO)CC(F)F)cc2[N+](=O)[O-])CC1. The number of aliphatic hydroxyl groups excluding tert-OH is 1. The van der Waals surface area contributed by atoms with Gasteiger partial charge in [0.05, 0.1) is 18.1 Å². The van der Waals surface area contributed by atoms with Gasteiger partial charge in [-0.15, -0.1) is 0 Å². The number of hydrogen-bond acceptors (Lipinski definition) is 6. The molecule has 9 nitrogen and oxygen atoms in total. The summed E-state index contributed by atoms with van der Waals surface area (Å²) in [6.45, 7) is 1.42. The van der Waals surface area contributed by atoms with Crippen LogP contribution in [0.3, 0.4) is 0 Å². The molecular weight excluding hydrogens is 378 g/mol. The number of hydrogen-bond donors (Lipinski definition) is 1. The van der Waals surface area contributed by atoms with Gasteiger partial charge in [0.1, 0.15) is 5.69 Å². The Labute approximate surface area is 160 Å². The van der Waals surface area contributed by atoms with Crippen LogP contribution in [0.4, 0.5) is 20.2 Å². The van der Waals surface area contributed by atoms with Gasteiger partial charge in [-0.25, -0.2) is 8.78 Å². The molecule has 1 aliphatic rings. The van der Waals surface area contributed by atoms with Gasteiger partial charge in [-0.3, -0.25) is 19.7 Å². The summed E-state index contributed by atoms with van der Waals surface area (Å²) in [4.78, 5) is 38.9. The number of aliphatic hydroxyl groups is 1. The van der Waals surface area contributed by atoms with Crippen molar-refractivity contribution in [3.8, 4) is 0 Å². The number of benzene rings is 1. The number of alkyl halides is 2. The molecule has 2 rings (SSSR count). The molecule has 0 unspecified atom stereocenters. The van der Waals surface area contributed by atoms with Gasteiger partial charge >= 0.3 is 0 Å². The predicted octanol–water partition coefficient (Wildman–Crippen LogP) is 0.963. The minimum absolute atomic E-state index is 0.0712. The number of piperazine rings is 1. The zero-order chi connectivity index (χ0) is 20.8. The minimum Gasteiger partial charge on any atom is -0.395 e. The summed E-state index contributed by atoms with van der Waals surface area (Å²) >= 11 is 0. The van der Waals surface area contributed by atoms with E-state index in [1.165, 1.54) is 19.1 Å². The van der Waals surface area contributed by atoms with E-state index in [9.17, 15) is 28.5 Å². The fourth-order valence-corrected chi connectivity index (χ4v) is 3.08. The van der Waals surface area contributed by atoms with Crippen molar-refractivity contribution in [2.24, 2.45) is 0 Å². The lowest BCUT2D eigenvalue weighted by Gasteiger charge is -2.35. The van der Waals surface area contributed by atoms with Gasteiger partial charge in [0.25, 0.3) is 18.0 Å². The standard InChI is InChI=1S/C17H22F2N4O5/c1-12(25)20-4-6-21(7-5-20)14-3-2-13(10-15(14)23(27)28)17(26)22(8-9-24)11-16(18)19/h2-3,10,16,24H,4-9,11H2,1H3. The van der Waals surface area contributed by atoms with Gasteiger partial charge < -0.3 is 19.8 Å². The number of carbonyl (C=O) groups excluding carboxylic acids is 2. The number of carbonyl (C=O) groups is 2. The van der Waals surface area contributed by atoms with E-state index < -0.39 is 30.4 Å². The van der Waals surface area contributed by atoms with Crippen molar-refractivity contribution in [3.05, 3.63) is 33.9 Å². The van der Waals surface area contributed by atoms with E-state index in [1.807, 2.05) is 0 Å². The molecule has 1 aliphatic heterocycles. The zero-order valence-corrected chi connectivity index (χ0v) is 15.4. The Kier molecular flexibility index (Phi) is 7.21. The Hall–Kier alpha value is -2.82. The average Bonchev–Trinajstić information content (AvgIpc) is 2.66. The lowest BCUT2D eigenvalue weighted by Crippen LogP contribution is -2.48. The minimum atomic E-state index is -2.79. The summed E-state index contributed by atoms with van der Waals surface area (Å²) < 4.78 is 25.3. The molecule has 0 atom stereocenters. The molecule has 1 heterocycles. The Morgan fingerprint density at radius 2 is 1.93 bits per heavy atom. The van der Waals surface area contributed by atoms with E-state index in [0.29, 0.717) is 31.9 Å². The highest BCUT2D eigenvalue weighted by atomic mass is 19.3. The quantitative estimate of drug-likeness (QED) is 0.540. The molecule has 1 aromatic carbocycles. The second-order valence-electron chi connectivity index (χ2n) is 6.32. The van der Waals surface area contributed by atoms with Crippen molar-refractivity contribution in [2.75, 3.05) is 50.8 Å². The van der Waals surface area contributed by atoms with Crippen LogP contribution >= 0.6 is 0 Å². The Bertz CT molecular complexity index is 738. The molecule has 154 valence electrons. The van der Waals surface area contributed by atoms with Crippen LogP contribution in [-0.4, -0.2) is 83.9 Å². The van der Waals surface area contributed by atoms with E-state index in [0.717, 1.165) is 11.0 Å². The molecule has 11 heteroatoms. The largest absolute Gasteiger partial charge is 0.395 e. The smallest absolute Gasteiger partial charge is 0.293 e. The summed E-state index contributed by atoms with van der Waals surface area (Å²) in [5.74, 6) is -0.886. The normalized spacial score (nSPS) is 14.3. The Balaban J connectivity index is 2.26. The van der Waals surface area contributed by atoms with Crippen molar-refractivity contribution in [3.63, 3.8) is 0 Å². The molecule has 0 radical (unpaired) electrons. The lowest BCUT2D eigenvalue weighted by atomic mass is 10.1. The summed E-state index contributed by atoms with van der Waals surface area (Å²) in [6.07, 6.45) is -2.79. The van der Waals surface area contributed by atoms with Crippen molar-refractivity contribution in [1.82, 2.24) is 9.80 Å². The molecule has 0 saturated carbocycles. The maximum atomic E-state index is 12.7. The molecule has 28 heavy (non-hydrogen) atoms. The Morgan fingerprint density at radius 1 is 1.29 bits per heavy atom. The summed E-state index contributed by atoms with van der Waals surface area (Å²) in [5, 5.41) is 20.5. The van der Waals surface area contributed by atoms with Crippen LogP contribution in [0, 0.1) is 10.1 Å². The number of nitro benzene ring substituents is 1. The monoisotopic (exact) mass is 400 g/mol. The molecular formula is C17H22F2N4O5. The van der Waals surface area contributed by atoms with Gasteiger partial charge in [-0.2, -0.15) is 0 Å². The van der Waals surface area contributed by atoms with Crippen molar-refractivity contribution in [2.45, 2.75) is 13.3 Å². The maximum absolute atomic E-state index is 12.7. The first-order valence-corrected chi connectivity index (χ1v) is 8.71. The lowest BCUT2D eigenvalue weighted by molar-refractivity contribution is -0.384. The number of nitro groups is 1. The summed E-state index contributed by atoms with van der Waals surface area (Å²) in [6, 6.07) is 3.82. The summed E-state index contributed by atoms with van der Waals surface area (Å²) in [5.41, 5.74) is -0.123. The van der Waals surface area contributed by atoms with Crippen LogP contribution in [-0.2, 0) is 4.79 Å². The third-order valence-corrected chi connectivity index (χ3v) is 4.50. The molecule has 1 saturated heterocycles. The fraction of sp³-hybridized carbons (Fsp3) is 0.529. The highest BCUT2D eigenvalue weighted by molar-refractivity contribution is 5.96. The third kappa shape index (κ3) is 5.12. The molecule has 0 bridgehead atoms. The van der Waals surface area contributed by atoms with Gasteiger partial charge in [-0.05, 0) is 12.1 Å². The van der Waals surface area contributed by atoms with Crippen molar-refractivity contribution in [1.29, 1.82) is 0 Å². The molecule has 0 aromatic heterocycles. The molecule has 1 fully saturated rings. The molecule has 1 aromatic rings. The zero-order valence-electron chi connectivity index (χ0n) is 15.4. The first-order valence-electron chi connectivity index (χ1n) is 8.71. The number of nitrogens with zero attached hydrogens (tertiary/aromatic N) is 4. The molecule has 0 aliphatic carbocycles. The number of rotatable bonds is 7. The van der Waals surface area contributed by atoms with Crippen LogP contribution in [0.5, 0.6) is 0 Å². The van der Waals surface area contributed by atoms with E-state index in [4.69, 9.17) is 5.11 Å². The first kappa shape index (κ1) is 21.5. The van der Waals surface area contributed by atoms with Gasteiger partial charge in [0.2, 0.25) is 5.91 Å².